The summed E-state index contributed by atoms with van der Waals surface area (Å²) in [7, 11) is 4.85. The van der Waals surface area contributed by atoms with Gasteiger partial charge in [-0.05, 0) is 30.7 Å². The minimum atomic E-state index is -0.371. The molecule has 1 atom stereocenters. The number of methoxy groups -OCH3 is 2. The number of nitrogens with one attached hydrogen (secondary N) is 2. The summed E-state index contributed by atoms with van der Waals surface area (Å²) in [6.07, 6.45) is 0.514. The third kappa shape index (κ3) is 6.74. The Labute approximate surface area is 182 Å². The monoisotopic (exact) mass is 503 g/mol. The highest BCUT2D eigenvalue weighted by molar-refractivity contribution is 14.0. The summed E-state index contributed by atoms with van der Waals surface area (Å²) in [5, 5.41) is 6.38. The van der Waals surface area contributed by atoms with Crippen molar-refractivity contribution >= 4 is 35.6 Å². The van der Waals surface area contributed by atoms with Crippen LogP contribution in [-0.2, 0) is 0 Å². The Morgan fingerprint density at radius 1 is 1.07 bits per heavy atom. The van der Waals surface area contributed by atoms with Crippen molar-refractivity contribution < 1.29 is 18.6 Å². The van der Waals surface area contributed by atoms with Gasteiger partial charge in [-0.2, -0.15) is 0 Å². The van der Waals surface area contributed by atoms with Crippen LogP contribution in [0.25, 0.3) is 0 Å². The Hall–Kier alpha value is -2.23. The maximum atomic E-state index is 13.8. The summed E-state index contributed by atoms with van der Waals surface area (Å²) >= 11 is 0. The van der Waals surface area contributed by atoms with Crippen molar-refractivity contribution in [3.05, 3.63) is 48.3 Å². The van der Waals surface area contributed by atoms with Crippen LogP contribution >= 0.6 is 24.0 Å². The van der Waals surface area contributed by atoms with E-state index < -0.39 is 0 Å². The topological polar surface area (TPSA) is 64.1 Å². The minimum absolute atomic E-state index is 0. The zero-order valence-corrected chi connectivity index (χ0v) is 18.8. The summed E-state index contributed by atoms with van der Waals surface area (Å²) in [6, 6.07) is 11.9. The summed E-state index contributed by atoms with van der Waals surface area (Å²) in [6.45, 7) is 2.45. The number of benzene rings is 2. The van der Waals surface area contributed by atoms with Crippen LogP contribution in [0.2, 0.25) is 0 Å². The second kappa shape index (κ2) is 12.3. The molecule has 0 heterocycles. The molecule has 0 aliphatic carbocycles. The molecule has 0 radical (unpaired) electrons. The number of aliphatic imine (C=N–C) groups is 1. The second-order valence-corrected chi connectivity index (χ2v) is 5.73. The smallest absolute Gasteiger partial charge is 0.195 e. The van der Waals surface area contributed by atoms with E-state index >= 15 is 0 Å². The van der Waals surface area contributed by atoms with Crippen molar-refractivity contribution in [2.24, 2.45) is 4.99 Å². The van der Waals surface area contributed by atoms with Crippen LogP contribution in [0.15, 0.2) is 47.5 Å². The Kier molecular flexibility index (Phi) is 10.4. The van der Waals surface area contributed by atoms with E-state index in [2.05, 4.69) is 15.6 Å². The first-order valence-corrected chi connectivity index (χ1v) is 8.72. The molecule has 154 valence electrons. The van der Waals surface area contributed by atoms with Gasteiger partial charge in [0.15, 0.2) is 29.0 Å². The number of hydrogen-bond donors (Lipinski definition) is 2. The van der Waals surface area contributed by atoms with Crippen LogP contribution in [0.5, 0.6) is 17.2 Å². The number of para-hydroxylation sites is 1. The zero-order chi connectivity index (χ0) is 19.6. The summed E-state index contributed by atoms with van der Waals surface area (Å²) in [5.41, 5.74) is 0.795. The molecule has 2 rings (SSSR count). The van der Waals surface area contributed by atoms with Gasteiger partial charge in [0.2, 0.25) is 0 Å². The summed E-state index contributed by atoms with van der Waals surface area (Å²) in [5.74, 6) is 1.71. The molecule has 0 aromatic heterocycles. The number of nitrogens with zero attached hydrogens (tertiary/aromatic N) is 1. The first-order chi connectivity index (χ1) is 13.1. The van der Waals surface area contributed by atoms with Gasteiger partial charge >= 0.3 is 0 Å². The molecule has 0 aliphatic heterocycles. The van der Waals surface area contributed by atoms with E-state index in [-0.39, 0.29) is 41.6 Å². The van der Waals surface area contributed by atoms with Crippen molar-refractivity contribution in [3.8, 4) is 17.2 Å². The molecule has 2 N–H and O–H groups in total. The van der Waals surface area contributed by atoms with Crippen molar-refractivity contribution in [1.29, 1.82) is 0 Å². The molecule has 0 bridgehead atoms. The molecule has 0 aliphatic rings. The molecule has 28 heavy (non-hydrogen) atoms. The van der Waals surface area contributed by atoms with Crippen molar-refractivity contribution in [3.63, 3.8) is 0 Å². The van der Waals surface area contributed by atoms with E-state index in [9.17, 15) is 4.39 Å². The highest BCUT2D eigenvalue weighted by atomic mass is 127. The third-order valence-corrected chi connectivity index (χ3v) is 3.95. The lowest BCUT2D eigenvalue weighted by Gasteiger charge is -2.20. The largest absolute Gasteiger partial charge is 0.493 e. The van der Waals surface area contributed by atoms with Gasteiger partial charge in [0.25, 0.3) is 0 Å². The summed E-state index contributed by atoms with van der Waals surface area (Å²) < 4.78 is 30.1. The molecule has 8 heteroatoms. The molecule has 6 nitrogen and oxygen atoms in total. The van der Waals surface area contributed by atoms with E-state index in [1.165, 1.54) is 6.07 Å². The predicted octanol–water partition coefficient (Wildman–Crippen LogP) is 4.31. The van der Waals surface area contributed by atoms with Crippen molar-refractivity contribution in [2.75, 3.05) is 33.1 Å². The molecular formula is C20H27FIN3O3. The van der Waals surface area contributed by atoms with Crippen LogP contribution in [0.4, 0.5) is 10.1 Å². The zero-order valence-electron chi connectivity index (χ0n) is 16.5. The van der Waals surface area contributed by atoms with Gasteiger partial charge in [-0.3, -0.25) is 4.99 Å². The highest BCUT2D eigenvalue weighted by Gasteiger charge is 2.12. The van der Waals surface area contributed by atoms with E-state index in [0.29, 0.717) is 30.4 Å². The van der Waals surface area contributed by atoms with Gasteiger partial charge in [-0.15, -0.1) is 24.0 Å². The molecule has 1 unspecified atom stereocenters. The van der Waals surface area contributed by atoms with Crippen molar-refractivity contribution in [2.45, 2.75) is 19.4 Å². The van der Waals surface area contributed by atoms with E-state index in [0.717, 1.165) is 5.69 Å². The summed E-state index contributed by atoms with van der Waals surface area (Å²) in [4.78, 5) is 4.20. The van der Waals surface area contributed by atoms with Crippen LogP contribution in [0, 0.1) is 5.82 Å². The number of guanidine groups is 1. The number of ether oxygens (including phenoxy) is 3. The van der Waals surface area contributed by atoms with E-state index in [1.54, 1.807) is 39.5 Å². The van der Waals surface area contributed by atoms with E-state index in [4.69, 9.17) is 14.2 Å². The first kappa shape index (κ1) is 23.8. The molecule has 0 amide bonds. The molecular weight excluding hydrogens is 476 g/mol. The Morgan fingerprint density at radius 2 is 1.79 bits per heavy atom. The van der Waals surface area contributed by atoms with Gasteiger partial charge in [0.05, 0.1) is 20.8 Å². The first-order valence-electron chi connectivity index (χ1n) is 8.72. The third-order valence-electron chi connectivity index (χ3n) is 3.95. The minimum Gasteiger partial charge on any atom is -0.493 e. The van der Waals surface area contributed by atoms with Gasteiger partial charge in [0, 0.05) is 18.8 Å². The van der Waals surface area contributed by atoms with Crippen LogP contribution in [-0.4, -0.2) is 39.9 Å². The Balaban J connectivity index is 0.00000392. The van der Waals surface area contributed by atoms with Gasteiger partial charge in [0.1, 0.15) is 6.10 Å². The Morgan fingerprint density at radius 3 is 2.39 bits per heavy atom. The fraction of sp³-hybridized carbons (Fsp3) is 0.350. The normalized spacial score (nSPS) is 11.8. The average Bonchev–Trinajstić information content (AvgIpc) is 2.71. The van der Waals surface area contributed by atoms with E-state index in [1.807, 2.05) is 25.1 Å². The average molecular weight is 503 g/mol. The van der Waals surface area contributed by atoms with Crippen molar-refractivity contribution in [1.82, 2.24) is 5.32 Å². The lowest BCUT2D eigenvalue weighted by Crippen LogP contribution is -2.38. The molecule has 2 aromatic rings. The molecule has 0 saturated carbocycles. The number of rotatable bonds is 8. The molecule has 0 fully saturated rings. The standard InChI is InChI=1S/C20H26FN3O3.HI/c1-5-15(27-17-9-7-6-8-16(17)21)13-23-20(22-2)24-14-10-11-18(25-3)19(12-14)26-4;/h6-12,15H,5,13H2,1-4H3,(H2,22,23,24);1H. The van der Waals surface area contributed by atoms with Crippen LogP contribution in [0.1, 0.15) is 13.3 Å². The quantitative estimate of drug-likeness (QED) is 0.320. The lowest BCUT2D eigenvalue weighted by molar-refractivity contribution is 0.191. The molecule has 0 saturated heterocycles. The highest BCUT2D eigenvalue weighted by Crippen LogP contribution is 2.29. The fourth-order valence-corrected chi connectivity index (χ4v) is 2.43. The molecule has 2 aromatic carbocycles. The van der Waals surface area contributed by atoms with Crippen LogP contribution in [0.3, 0.4) is 0 Å². The predicted molar refractivity (Wildman–Crippen MR) is 121 cm³/mol. The molecule has 0 spiro atoms. The lowest BCUT2D eigenvalue weighted by atomic mass is 10.2. The maximum absolute atomic E-state index is 13.8. The van der Waals surface area contributed by atoms with Crippen LogP contribution < -0.4 is 24.8 Å². The van der Waals surface area contributed by atoms with Gasteiger partial charge < -0.3 is 24.8 Å². The van der Waals surface area contributed by atoms with Gasteiger partial charge in [-0.1, -0.05) is 19.1 Å². The maximum Gasteiger partial charge on any atom is 0.195 e. The fourth-order valence-electron chi connectivity index (χ4n) is 2.43. The SMILES string of the molecule is CCC(CNC(=NC)Nc1ccc(OC)c(OC)c1)Oc1ccccc1F.I. The second-order valence-electron chi connectivity index (χ2n) is 5.73. The number of hydrogen-bond acceptors (Lipinski definition) is 4. The number of halogens is 2. The Bertz CT molecular complexity index is 774. The van der Waals surface area contributed by atoms with Gasteiger partial charge in [-0.25, -0.2) is 4.39 Å². The number of anilines is 1.